The lowest BCUT2D eigenvalue weighted by Crippen LogP contribution is -2.53. The van der Waals surface area contributed by atoms with Gasteiger partial charge >= 0.3 is 0 Å². The number of hydrogen-bond donors (Lipinski definition) is 2. The van der Waals surface area contributed by atoms with Crippen molar-refractivity contribution >= 4 is 11.3 Å². The van der Waals surface area contributed by atoms with Crippen molar-refractivity contribution in [2.75, 3.05) is 6.61 Å². The molecule has 2 nitrogen and oxygen atoms in total. The summed E-state index contributed by atoms with van der Waals surface area (Å²) in [6, 6.07) is 4.23. The first-order valence-electron chi connectivity index (χ1n) is 6.44. The number of hydrogen-bond acceptors (Lipinski definition) is 3. The number of aliphatic hydroxyl groups is 1. The zero-order chi connectivity index (χ0) is 12.4. The zero-order valence-corrected chi connectivity index (χ0v) is 11.6. The quantitative estimate of drug-likeness (QED) is 0.864. The molecule has 3 heteroatoms. The standard InChI is InChI=1S/C14H23NOS/c1-13(2)6-4-7-14(10-13,11-16)15-9-12-5-3-8-17-12/h3,5,8,15-16H,4,6-7,9-11H2,1-2H3. The maximum absolute atomic E-state index is 9.74. The summed E-state index contributed by atoms with van der Waals surface area (Å²) in [5.74, 6) is 0. The van der Waals surface area contributed by atoms with Crippen LogP contribution in [-0.4, -0.2) is 17.3 Å². The van der Waals surface area contributed by atoms with Gasteiger partial charge in [-0.1, -0.05) is 26.3 Å². The summed E-state index contributed by atoms with van der Waals surface area (Å²) >= 11 is 1.78. The van der Waals surface area contributed by atoms with Gasteiger partial charge in [-0.25, -0.2) is 0 Å². The molecule has 0 aliphatic heterocycles. The van der Waals surface area contributed by atoms with Crippen LogP contribution in [0.4, 0.5) is 0 Å². The van der Waals surface area contributed by atoms with Crippen molar-refractivity contribution < 1.29 is 5.11 Å². The molecule has 96 valence electrons. The molecule has 2 rings (SSSR count). The van der Waals surface area contributed by atoms with Gasteiger partial charge in [0.25, 0.3) is 0 Å². The second kappa shape index (κ2) is 5.09. The molecule has 1 saturated carbocycles. The molecule has 0 bridgehead atoms. The molecular weight excluding hydrogens is 230 g/mol. The first-order valence-corrected chi connectivity index (χ1v) is 7.32. The minimum atomic E-state index is -0.0637. The van der Waals surface area contributed by atoms with Crippen molar-refractivity contribution in [1.29, 1.82) is 0 Å². The third-order valence-electron chi connectivity index (χ3n) is 3.85. The molecule has 17 heavy (non-hydrogen) atoms. The highest BCUT2D eigenvalue weighted by atomic mass is 32.1. The van der Waals surface area contributed by atoms with Gasteiger partial charge in [0.1, 0.15) is 0 Å². The average Bonchev–Trinajstić information content (AvgIpc) is 2.78. The maximum Gasteiger partial charge on any atom is 0.0613 e. The van der Waals surface area contributed by atoms with Crippen molar-refractivity contribution in [3.63, 3.8) is 0 Å². The highest BCUT2D eigenvalue weighted by Gasteiger charge is 2.39. The zero-order valence-electron chi connectivity index (χ0n) is 10.8. The van der Waals surface area contributed by atoms with Gasteiger partial charge < -0.3 is 10.4 Å². The minimum absolute atomic E-state index is 0.0637. The number of aliphatic hydroxyl groups excluding tert-OH is 1. The van der Waals surface area contributed by atoms with Crippen LogP contribution in [0.1, 0.15) is 44.4 Å². The van der Waals surface area contributed by atoms with Gasteiger partial charge in [0.15, 0.2) is 0 Å². The molecule has 0 spiro atoms. The Morgan fingerprint density at radius 2 is 2.24 bits per heavy atom. The van der Waals surface area contributed by atoms with Crippen LogP contribution in [0, 0.1) is 5.41 Å². The van der Waals surface area contributed by atoms with E-state index < -0.39 is 0 Å². The van der Waals surface area contributed by atoms with Crippen LogP contribution in [0.2, 0.25) is 0 Å². The van der Waals surface area contributed by atoms with Crippen LogP contribution >= 0.6 is 11.3 Å². The Hall–Kier alpha value is -0.380. The lowest BCUT2D eigenvalue weighted by atomic mass is 9.68. The molecule has 1 aromatic rings. The Labute approximate surface area is 108 Å². The summed E-state index contributed by atoms with van der Waals surface area (Å²) in [4.78, 5) is 1.35. The third kappa shape index (κ3) is 3.30. The van der Waals surface area contributed by atoms with E-state index in [2.05, 4.69) is 36.7 Å². The van der Waals surface area contributed by atoms with E-state index in [-0.39, 0.29) is 12.1 Å². The van der Waals surface area contributed by atoms with Gasteiger partial charge in [0.2, 0.25) is 0 Å². The molecule has 1 atom stereocenters. The summed E-state index contributed by atoms with van der Waals surface area (Å²) in [6.45, 7) is 5.75. The molecule has 1 aliphatic carbocycles. The number of nitrogens with one attached hydrogen (secondary N) is 1. The third-order valence-corrected chi connectivity index (χ3v) is 4.72. The lowest BCUT2D eigenvalue weighted by molar-refractivity contribution is 0.0614. The van der Waals surface area contributed by atoms with E-state index in [1.54, 1.807) is 11.3 Å². The molecule has 1 heterocycles. The van der Waals surface area contributed by atoms with Crippen LogP contribution in [0.15, 0.2) is 17.5 Å². The predicted octanol–water partition coefficient (Wildman–Crippen LogP) is 3.17. The summed E-state index contributed by atoms with van der Waals surface area (Å²) in [6.07, 6.45) is 4.65. The molecule has 0 amide bonds. The van der Waals surface area contributed by atoms with E-state index in [1.165, 1.54) is 17.7 Å². The molecule has 1 unspecified atom stereocenters. The Kier molecular flexibility index (Phi) is 3.91. The Morgan fingerprint density at radius 1 is 1.41 bits per heavy atom. The van der Waals surface area contributed by atoms with E-state index in [0.717, 1.165) is 19.4 Å². The van der Waals surface area contributed by atoms with Crippen LogP contribution < -0.4 is 5.32 Å². The van der Waals surface area contributed by atoms with Crippen molar-refractivity contribution in [1.82, 2.24) is 5.32 Å². The molecule has 2 N–H and O–H groups in total. The second-order valence-corrected chi connectivity index (χ2v) is 7.10. The second-order valence-electron chi connectivity index (χ2n) is 6.07. The van der Waals surface area contributed by atoms with Crippen molar-refractivity contribution in [2.24, 2.45) is 5.41 Å². The van der Waals surface area contributed by atoms with Gasteiger partial charge in [-0.05, 0) is 36.1 Å². The molecule has 1 fully saturated rings. The lowest BCUT2D eigenvalue weighted by Gasteiger charge is -2.44. The van der Waals surface area contributed by atoms with Gasteiger partial charge in [-0.15, -0.1) is 11.3 Å². The molecule has 1 aromatic heterocycles. The van der Waals surface area contributed by atoms with E-state index in [0.29, 0.717) is 5.41 Å². The summed E-state index contributed by atoms with van der Waals surface area (Å²) in [5.41, 5.74) is 0.287. The monoisotopic (exact) mass is 253 g/mol. The molecule has 0 saturated heterocycles. The Balaban J connectivity index is 1.99. The van der Waals surface area contributed by atoms with Crippen molar-refractivity contribution in [2.45, 2.75) is 51.6 Å². The normalized spacial score (nSPS) is 28.2. The highest BCUT2D eigenvalue weighted by Crippen LogP contribution is 2.40. The largest absolute Gasteiger partial charge is 0.394 e. The van der Waals surface area contributed by atoms with Crippen molar-refractivity contribution in [3.8, 4) is 0 Å². The molecule has 0 aromatic carbocycles. The van der Waals surface area contributed by atoms with Gasteiger partial charge in [-0.3, -0.25) is 0 Å². The Bertz CT molecular complexity index is 347. The van der Waals surface area contributed by atoms with Gasteiger partial charge in [-0.2, -0.15) is 0 Å². The minimum Gasteiger partial charge on any atom is -0.394 e. The first-order chi connectivity index (χ1) is 8.05. The average molecular weight is 253 g/mol. The summed E-state index contributed by atoms with van der Waals surface area (Å²) in [5, 5.41) is 15.5. The maximum atomic E-state index is 9.74. The highest BCUT2D eigenvalue weighted by molar-refractivity contribution is 7.09. The molecule has 0 radical (unpaired) electrons. The fraction of sp³-hybridized carbons (Fsp3) is 0.714. The SMILES string of the molecule is CC1(C)CCCC(CO)(NCc2cccs2)C1. The fourth-order valence-electron chi connectivity index (χ4n) is 3.03. The number of thiophene rings is 1. The smallest absolute Gasteiger partial charge is 0.0613 e. The first kappa shape index (κ1) is 13.1. The Morgan fingerprint density at radius 3 is 2.82 bits per heavy atom. The van der Waals surface area contributed by atoms with Crippen LogP contribution in [0.25, 0.3) is 0 Å². The van der Waals surface area contributed by atoms with Gasteiger partial charge in [0, 0.05) is 17.0 Å². The van der Waals surface area contributed by atoms with Crippen LogP contribution in [0.3, 0.4) is 0 Å². The molecule has 1 aliphatic rings. The fourth-order valence-corrected chi connectivity index (χ4v) is 3.67. The van der Waals surface area contributed by atoms with Crippen molar-refractivity contribution in [3.05, 3.63) is 22.4 Å². The topological polar surface area (TPSA) is 32.3 Å². The predicted molar refractivity (Wildman–Crippen MR) is 73.2 cm³/mol. The van der Waals surface area contributed by atoms with E-state index in [9.17, 15) is 5.11 Å². The summed E-state index contributed by atoms with van der Waals surface area (Å²) in [7, 11) is 0. The number of rotatable bonds is 4. The summed E-state index contributed by atoms with van der Waals surface area (Å²) < 4.78 is 0. The van der Waals surface area contributed by atoms with E-state index in [1.807, 2.05) is 0 Å². The van der Waals surface area contributed by atoms with Crippen LogP contribution in [0.5, 0.6) is 0 Å². The van der Waals surface area contributed by atoms with Gasteiger partial charge in [0.05, 0.1) is 6.61 Å². The molecular formula is C14H23NOS. The van der Waals surface area contributed by atoms with E-state index >= 15 is 0 Å². The van der Waals surface area contributed by atoms with E-state index in [4.69, 9.17) is 0 Å². The van der Waals surface area contributed by atoms with Crippen LogP contribution in [-0.2, 0) is 6.54 Å².